The summed E-state index contributed by atoms with van der Waals surface area (Å²) in [6, 6.07) is 9.88. The molecule has 0 aliphatic heterocycles. The molecule has 0 unspecified atom stereocenters. The normalized spacial score (nSPS) is 11.4. The zero-order chi connectivity index (χ0) is 21.6. The van der Waals surface area contributed by atoms with E-state index in [-0.39, 0.29) is 23.0 Å². The van der Waals surface area contributed by atoms with E-state index in [2.05, 4.69) is 5.32 Å². The van der Waals surface area contributed by atoms with E-state index in [4.69, 9.17) is 21.1 Å². The summed E-state index contributed by atoms with van der Waals surface area (Å²) in [5, 5.41) is 3.38. The van der Waals surface area contributed by atoms with Crippen LogP contribution in [0.2, 0.25) is 5.02 Å². The quantitative estimate of drug-likeness (QED) is 0.601. The van der Waals surface area contributed by atoms with Crippen LogP contribution in [0.3, 0.4) is 0 Å². The number of hydrogen-bond acceptors (Lipinski definition) is 5. The van der Waals surface area contributed by atoms with E-state index in [0.29, 0.717) is 29.5 Å². The van der Waals surface area contributed by atoms with Gasteiger partial charge >= 0.3 is 0 Å². The third-order valence-corrected chi connectivity index (χ3v) is 6.41. The molecule has 2 rings (SSSR count). The lowest BCUT2D eigenvalue weighted by Gasteiger charge is -2.16. The van der Waals surface area contributed by atoms with Gasteiger partial charge in [0.15, 0.2) is 0 Å². The second-order valence-corrected chi connectivity index (χ2v) is 9.09. The number of carbonyl (C=O) groups is 1. The monoisotopic (exact) mass is 440 g/mol. The van der Waals surface area contributed by atoms with Gasteiger partial charge < -0.3 is 14.8 Å². The number of rotatable bonds is 9. The number of nitrogens with zero attached hydrogens (tertiary/aromatic N) is 1. The van der Waals surface area contributed by atoms with Crippen LogP contribution < -0.4 is 14.8 Å². The first-order valence-corrected chi connectivity index (χ1v) is 10.8. The topological polar surface area (TPSA) is 84.9 Å². The predicted molar refractivity (Wildman–Crippen MR) is 113 cm³/mol. The third-order valence-electron chi connectivity index (χ3n) is 4.15. The Balaban J connectivity index is 1.94. The first-order chi connectivity index (χ1) is 13.6. The molecule has 0 radical (unpaired) electrons. The number of methoxy groups -OCH3 is 1. The van der Waals surface area contributed by atoms with E-state index in [9.17, 15) is 13.2 Å². The van der Waals surface area contributed by atoms with Crippen LogP contribution >= 0.6 is 11.6 Å². The number of nitrogens with one attached hydrogen (secondary N) is 1. The third kappa shape index (κ3) is 6.09. The molecule has 0 saturated carbocycles. The van der Waals surface area contributed by atoms with Crippen molar-refractivity contribution in [2.75, 3.05) is 33.1 Å². The fourth-order valence-electron chi connectivity index (χ4n) is 2.51. The zero-order valence-electron chi connectivity index (χ0n) is 16.9. The van der Waals surface area contributed by atoms with Crippen LogP contribution in [0, 0.1) is 6.92 Å². The van der Waals surface area contributed by atoms with Crippen molar-refractivity contribution in [2.45, 2.75) is 24.7 Å². The van der Waals surface area contributed by atoms with E-state index in [1.165, 1.54) is 33.3 Å². The minimum atomic E-state index is -3.71. The van der Waals surface area contributed by atoms with E-state index in [1.54, 1.807) is 18.2 Å². The number of benzene rings is 2. The number of amides is 1. The van der Waals surface area contributed by atoms with Crippen LogP contribution in [0.4, 0.5) is 5.69 Å². The molecular weight excluding hydrogens is 416 g/mol. The van der Waals surface area contributed by atoms with Crippen LogP contribution in [0.25, 0.3) is 0 Å². The van der Waals surface area contributed by atoms with E-state index >= 15 is 0 Å². The Morgan fingerprint density at radius 1 is 1.17 bits per heavy atom. The standard InChI is InChI=1S/C20H25ClN2O5S/c1-14-12-16(8-9-17(14)21)28-11-5-6-20(24)22-15-7-10-18(27-4)19(13-15)29(25,26)23(2)3/h7-10,12-13H,5-6,11H2,1-4H3,(H,22,24). The summed E-state index contributed by atoms with van der Waals surface area (Å²) in [7, 11) is 0.550. The highest BCUT2D eigenvalue weighted by Gasteiger charge is 2.23. The van der Waals surface area contributed by atoms with Crippen molar-refractivity contribution in [1.82, 2.24) is 4.31 Å². The average molecular weight is 441 g/mol. The van der Waals surface area contributed by atoms with Gasteiger partial charge in [0.1, 0.15) is 16.4 Å². The summed E-state index contributed by atoms with van der Waals surface area (Å²) >= 11 is 5.98. The average Bonchev–Trinajstić information content (AvgIpc) is 2.67. The Morgan fingerprint density at radius 3 is 2.52 bits per heavy atom. The molecule has 0 fully saturated rings. The molecule has 1 N–H and O–H groups in total. The summed E-state index contributed by atoms with van der Waals surface area (Å²) in [5.41, 5.74) is 1.30. The van der Waals surface area contributed by atoms with Crippen molar-refractivity contribution < 1.29 is 22.7 Å². The van der Waals surface area contributed by atoms with E-state index in [1.807, 2.05) is 13.0 Å². The maximum Gasteiger partial charge on any atom is 0.246 e. The fourth-order valence-corrected chi connectivity index (χ4v) is 3.70. The molecule has 0 aliphatic carbocycles. The summed E-state index contributed by atoms with van der Waals surface area (Å²) in [5.74, 6) is 0.670. The molecule has 0 heterocycles. The number of aryl methyl sites for hydroxylation is 1. The summed E-state index contributed by atoms with van der Waals surface area (Å²) in [4.78, 5) is 12.2. The number of anilines is 1. The van der Waals surface area contributed by atoms with Crippen LogP contribution in [0.5, 0.6) is 11.5 Å². The Kier molecular flexibility index (Phi) is 7.89. The molecule has 2 aromatic carbocycles. The van der Waals surface area contributed by atoms with Gasteiger partial charge in [0.2, 0.25) is 15.9 Å². The molecule has 158 valence electrons. The maximum atomic E-state index is 12.4. The SMILES string of the molecule is COc1ccc(NC(=O)CCCOc2ccc(Cl)c(C)c2)cc1S(=O)(=O)N(C)C. The van der Waals surface area contributed by atoms with Gasteiger partial charge in [0.05, 0.1) is 13.7 Å². The first kappa shape index (κ1) is 23.0. The van der Waals surface area contributed by atoms with Crippen molar-refractivity contribution in [3.63, 3.8) is 0 Å². The van der Waals surface area contributed by atoms with Crippen LogP contribution in [0.15, 0.2) is 41.3 Å². The molecule has 0 spiro atoms. The number of sulfonamides is 1. The lowest BCUT2D eigenvalue weighted by atomic mass is 10.2. The second-order valence-electron chi connectivity index (χ2n) is 6.56. The van der Waals surface area contributed by atoms with Gasteiger partial charge in [-0.05, 0) is 55.3 Å². The molecule has 1 amide bonds. The molecule has 29 heavy (non-hydrogen) atoms. The van der Waals surface area contributed by atoms with Gasteiger partial charge in [-0.1, -0.05) is 11.6 Å². The molecule has 7 nitrogen and oxygen atoms in total. The lowest BCUT2D eigenvalue weighted by Crippen LogP contribution is -2.23. The lowest BCUT2D eigenvalue weighted by molar-refractivity contribution is -0.116. The molecule has 0 aliphatic rings. The van der Waals surface area contributed by atoms with Gasteiger partial charge in [0, 0.05) is 31.2 Å². The summed E-state index contributed by atoms with van der Waals surface area (Å²) in [6.07, 6.45) is 0.737. The maximum absolute atomic E-state index is 12.4. The highest BCUT2D eigenvalue weighted by Crippen LogP contribution is 2.29. The predicted octanol–water partition coefficient (Wildman–Crippen LogP) is 3.71. The van der Waals surface area contributed by atoms with E-state index in [0.717, 1.165) is 9.87 Å². The minimum absolute atomic E-state index is 0.00996. The van der Waals surface area contributed by atoms with Gasteiger partial charge in [-0.2, -0.15) is 0 Å². The molecule has 2 aromatic rings. The van der Waals surface area contributed by atoms with E-state index < -0.39 is 10.0 Å². The van der Waals surface area contributed by atoms with Gasteiger partial charge in [0.25, 0.3) is 0 Å². The molecule has 0 atom stereocenters. The van der Waals surface area contributed by atoms with Crippen LogP contribution in [-0.2, 0) is 14.8 Å². The first-order valence-electron chi connectivity index (χ1n) is 8.94. The van der Waals surface area contributed by atoms with Crippen molar-refractivity contribution in [2.24, 2.45) is 0 Å². The summed E-state index contributed by atoms with van der Waals surface area (Å²) in [6.45, 7) is 2.26. The Morgan fingerprint density at radius 2 is 1.90 bits per heavy atom. The molecular formula is C20H25ClN2O5S. The fraction of sp³-hybridized carbons (Fsp3) is 0.350. The van der Waals surface area contributed by atoms with Gasteiger partial charge in [-0.15, -0.1) is 0 Å². The number of ether oxygens (including phenoxy) is 2. The Bertz CT molecular complexity index is 977. The minimum Gasteiger partial charge on any atom is -0.495 e. The summed E-state index contributed by atoms with van der Waals surface area (Å²) < 4.78 is 36.7. The number of hydrogen-bond donors (Lipinski definition) is 1. The second kappa shape index (κ2) is 9.96. The van der Waals surface area contributed by atoms with Crippen LogP contribution in [0.1, 0.15) is 18.4 Å². The van der Waals surface area contributed by atoms with Gasteiger partial charge in [-0.25, -0.2) is 12.7 Å². The van der Waals surface area contributed by atoms with Crippen molar-refractivity contribution in [3.8, 4) is 11.5 Å². The largest absolute Gasteiger partial charge is 0.495 e. The smallest absolute Gasteiger partial charge is 0.246 e. The molecule has 0 bridgehead atoms. The van der Waals surface area contributed by atoms with Gasteiger partial charge in [-0.3, -0.25) is 4.79 Å². The molecule has 9 heteroatoms. The Labute approximate surface area is 176 Å². The number of halogens is 1. The number of carbonyl (C=O) groups excluding carboxylic acids is 1. The molecule has 0 saturated heterocycles. The van der Waals surface area contributed by atoms with Crippen molar-refractivity contribution in [1.29, 1.82) is 0 Å². The van der Waals surface area contributed by atoms with Crippen molar-refractivity contribution in [3.05, 3.63) is 47.0 Å². The highest BCUT2D eigenvalue weighted by atomic mass is 35.5. The zero-order valence-corrected chi connectivity index (χ0v) is 18.4. The molecule has 0 aromatic heterocycles. The highest BCUT2D eigenvalue weighted by molar-refractivity contribution is 7.89. The van der Waals surface area contributed by atoms with Crippen molar-refractivity contribution >= 4 is 33.2 Å². The Hall–Kier alpha value is -2.29. The van der Waals surface area contributed by atoms with Crippen LogP contribution in [-0.4, -0.2) is 46.4 Å².